The highest BCUT2D eigenvalue weighted by Crippen LogP contribution is 2.36. The number of nitrogens with one attached hydrogen (secondary N) is 1. The van der Waals surface area contributed by atoms with E-state index in [2.05, 4.69) is 17.1 Å². The third-order valence-corrected chi connectivity index (χ3v) is 3.82. The minimum Gasteiger partial charge on any atom is -0.467 e. The van der Waals surface area contributed by atoms with Gasteiger partial charge in [0.15, 0.2) is 0 Å². The summed E-state index contributed by atoms with van der Waals surface area (Å²) in [6.07, 6.45) is 3.91. The number of hydrogen-bond donors (Lipinski definition) is 1. The average molecular weight is 288 g/mol. The normalized spacial score (nSPS) is 14.4. The highest BCUT2D eigenvalue weighted by molar-refractivity contribution is 5.56. The zero-order valence-electron chi connectivity index (χ0n) is 12.3. The van der Waals surface area contributed by atoms with Gasteiger partial charge in [0, 0.05) is 12.6 Å². The van der Waals surface area contributed by atoms with Crippen LogP contribution in [0.5, 0.6) is 0 Å². The van der Waals surface area contributed by atoms with E-state index in [9.17, 15) is 4.39 Å². The molecular weight excluding hydrogens is 267 g/mol. The van der Waals surface area contributed by atoms with Crippen LogP contribution in [0.1, 0.15) is 31.1 Å². The van der Waals surface area contributed by atoms with E-state index in [1.807, 2.05) is 18.2 Å². The fraction of sp³-hybridized carbons (Fsp3) is 0.412. The van der Waals surface area contributed by atoms with Gasteiger partial charge >= 0.3 is 0 Å². The maximum atomic E-state index is 14.4. The molecule has 0 radical (unpaired) electrons. The first-order chi connectivity index (χ1) is 10.3. The molecule has 0 spiro atoms. The zero-order valence-corrected chi connectivity index (χ0v) is 12.3. The molecule has 0 aliphatic heterocycles. The van der Waals surface area contributed by atoms with E-state index < -0.39 is 0 Å². The maximum Gasteiger partial charge on any atom is 0.146 e. The summed E-state index contributed by atoms with van der Waals surface area (Å²) in [5, 5.41) is 3.29. The average Bonchev–Trinajstić information content (AvgIpc) is 3.20. The summed E-state index contributed by atoms with van der Waals surface area (Å²) in [6.45, 7) is 4.24. The van der Waals surface area contributed by atoms with Gasteiger partial charge in [-0.05, 0) is 43.1 Å². The Hall–Kier alpha value is -1.81. The minimum absolute atomic E-state index is 0.149. The fourth-order valence-corrected chi connectivity index (χ4v) is 2.63. The van der Waals surface area contributed by atoms with Crippen molar-refractivity contribution in [2.75, 3.05) is 11.4 Å². The second kappa shape index (κ2) is 6.31. The molecule has 4 heteroatoms. The van der Waals surface area contributed by atoms with Gasteiger partial charge in [-0.15, -0.1) is 0 Å². The van der Waals surface area contributed by atoms with Crippen molar-refractivity contribution in [1.29, 1.82) is 0 Å². The van der Waals surface area contributed by atoms with Crippen LogP contribution in [-0.2, 0) is 13.1 Å². The molecule has 1 aromatic heterocycles. The van der Waals surface area contributed by atoms with Crippen LogP contribution in [0.2, 0.25) is 0 Å². The molecule has 0 amide bonds. The predicted molar refractivity (Wildman–Crippen MR) is 81.7 cm³/mol. The highest BCUT2D eigenvalue weighted by atomic mass is 19.1. The van der Waals surface area contributed by atoms with Crippen LogP contribution in [0.4, 0.5) is 10.1 Å². The smallest absolute Gasteiger partial charge is 0.146 e. The Morgan fingerprint density at radius 1 is 1.29 bits per heavy atom. The molecule has 112 valence electrons. The summed E-state index contributed by atoms with van der Waals surface area (Å²) >= 11 is 0. The van der Waals surface area contributed by atoms with Crippen LogP contribution in [0.15, 0.2) is 41.0 Å². The van der Waals surface area contributed by atoms with Gasteiger partial charge in [-0.25, -0.2) is 4.39 Å². The third-order valence-electron chi connectivity index (χ3n) is 3.82. The first kappa shape index (κ1) is 14.1. The molecule has 1 fully saturated rings. The SMILES string of the molecule is CCNCc1cccc(F)c1N(Cc1ccco1)C1CC1. The monoisotopic (exact) mass is 288 g/mol. The number of para-hydroxylation sites is 1. The van der Waals surface area contributed by atoms with Crippen molar-refractivity contribution in [2.24, 2.45) is 0 Å². The second-order valence-electron chi connectivity index (χ2n) is 5.47. The molecule has 0 unspecified atom stereocenters. The van der Waals surface area contributed by atoms with Crippen LogP contribution in [0.25, 0.3) is 0 Å². The van der Waals surface area contributed by atoms with Gasteiger partial charge in [0.05, 0.1) is 18.5 Å². The molecule has 1 aliphatic carbocycles. The molecule has 1 heterocycles. The Morgan fingerprint density at radius 2 is 2.14 bits per heavy atom. The second-order valence-corrected chi connectivity index (χ2v) is 5.47. The number of furan rings is 1. The summed E-state index contributed by atoms with van der Waals surface area (Å²) in [4.78, 5) is 2.15. The summed E-state index contributed by atoms with van der Waals surface area (Å²) in [5.74, 6) is 0.725. The quantitative estimate of drug-likeness (QED) is 0.842. The van der Waals surface area contributed by atoms with Gasteiger partial charge in [-0.1, -0.05) is 19.1 Å². The van der Waals surface area contributed by atoms with E-state index in [4.69, 9.17) is 4.42 Å². The Bertz CT molecular complexity index is 578. The number of anilines is 1. The van der Waals surface area contributed by atoms with Crippen LogP contribution in [-0.4, -0.2) is 12.6 Å². The largest absolute Gasteiger partial charge is 0.467 e. The van der Waals surface area contributed by atoms with E-state index >= 15 is 0 Å². The summed E-state index contributed by atoms with van der Waals surface area (Å²) in [5.41, 5.74) is 1.73. The fourth-order valence-electron chi connectivity index (χ4n) is 2.63. The Kier molecular flexibility index (Phi) is 4.25. The minimum atomic E-state index is -0.149. The summed E-state index contributed by atoms with van der Waals surface area (Å²) < 4.78 is 19.9. The molecule has 1 N–H and O–H groups in total. The lowest BCUT2D eigenvalue weighted by Crippen LogP contribution is -2.28. The van der Waals surface area contributed by atoms with Gasteiger partial charge in [0.2, 0.25) is 0 Å². The number of hydrogen-bond acceptors (Lipinski definition) is 3. The zero-order chi connectivity index (χ0) is 14.7. The first-order valence-corrected chi connectivity index (χ1v) is 7.56. The van der Waals surface area contributed by atoms with Gasteiger partial charge in [0.1, 0.15) is 11.6 Å². The topological polar surface area (TPSA) is 28.4 Å². The highest BCUT2D eigenvalue weighted by Gasteiger charge is 2.32. The van der Waals surface area contributed by atoms with Gasteiger partial charge in [0.25, 0.3) is 0 Å². The molecule has 21 heavy (non-hydrogen) atoms. The van der Waals surface area contributed by atoms with Crippen molar-refractivity contribution >= 4 is 5.69 Å². The molecule has 1 aliphatic rings. The predicted octanol–water partition coefficient (Wildman–Crippen LogP) is 3.70. The molecule has 3 nitrogen and oxygen atoms in total. The lowest BCUT2D eigenvalue weighted by molar-refractivity contribution is 0.497. The number of nitrogens with zero attached hydrogens (tertiary/aromatic N) is 1. The molecular formula is C17H21FN2O. The van der Waals surface area contributed by atoms with Crippen molar-refractivity contribution in [1.82, 2.24) is 5.32 Å². The molecule has 0 bridgehead atoms. The Morgan fingerprint density at radius 3 is 2.81 bits per heavy atom. The van der Waals surface area contributed by atoms with E-state index in [0.717, 1.165) is 36.4 Å². The van der Waals surface area contributed by atoms with E-state index in [1.165, 1.54) is 0 Å². The molecule has 1 saturated carbocycles. The first-order valence-electron chi connectivity index (χ1n) is 7.56. The third kappa shape index (κ3) is 3.27. The van der Waals surface area contributed by atoms with Crippen LogP contribution in [0, 0.1) is 5.82 Å². The molecule has 2 aromatic rings. The summed E-state index contributed by atoms with van der Waals surface area (Å²) in [6, 6.07) is 9.57. The molecule has 1 aromatic carbocycles. The molecule has 0 saturated heterocycles. The number of halogens is 1. The molecule has 0 atom stereocenters. The maximum absolute atomic E-state index is 14.4. The summed E-state index contributed by atoms with van der Waals surface area (Å²) in [7, 11) is 0. The standard InChI is InChI=1S/C17H21FN2O/c1-2-19-11-13-5-3-7-16(18)17(13)20(14-8-9-14)12-15-6-4-10-21-15/h3-7,10,14,19H,2,8-9,11-12H2,1H3. The molecule has 3 rings (SSSR count). The number of benzene rings is 1. The van der Waals surface area contributed by atoms with Crippen LogP contribution >= 0.6 is 0 Å². The van der Waals surface area contributed by atoms with E-state index in [1.54, 1.807) is 18.4 Å². The van der Waals surface area contributed by atoms with E-state index in [0.29, 0.717) is 19.1 Å². The van der Waals surface area contributed by atoms with Gasteiger partial charge < -0.3 is 14.6 Å². The number of rotatable bonds is 7. The lowest BCUT2D eigenvalue weighted by Gasteiger charge is -2.27. The van der Waals surface area contributed by atoms with Crippen LogP contribution < -0.4 is 10.2 Å². The van der Waals surface area contributed by atoms with Gasteiger partial charge in [-0.3, -0.25) is 0 Å². The van der Waals surface area contributed by atoms with Crippen molar-refractivity contribution in [3.63, 3.8) is 0 Å². The van der Waals surface area contributed by atoms with Gasteiger partial charge in [-0.2, -0.15) is 0 Å². The van der Waals surface area contributed by atoms with Crippen LogP contribution in [0.3, 0.4) is 0 Å². The lowest BCUT2D eigenvalue weighted by atomic mass is 10.1. The van der Waals surface area contributed by atoms with Crippen molar-refractivity contribution < 1.29 is 8.81 Å². The van der Waals surface area contributed by atoms with Crippen molar-refractivity contribution in [2.45, 2.75) is 38.9 Å². The van der Waals surface area contributed by atoms with E-state index in [-0.39, 0.29) is 5.82 Å². The van der Waals surface area contributed by atoms with Crippen molar-refractivity contribution in [3.05, 3.63) is 53.7 Å². The van der Waals surface area contributed by atoms with Crippen molar-refractivity contribution in [3.8, 4) is 0 Å². The Labute approximate surface area is 124 Å². The Balaban J connectivity index is 1.90.